The molecule has 26 heavy (non-hydrogen) atoms. The molecule has 0 saturated carbocycles. The number of piperidine rings is 1. The van der Waals surface area contributed by atoms with Gasteiger partial charge in [-0.15, -0.1) is 0 Å². The van der Waals surface area contributed by atoms with Crippen LogP contribution in [0.3, 0.4) is 0 Å². The highest BCUT2D eigenvalue weighted by atomic mass is 16.6. The van der Waals surface area contributed by atoms with Crippen LogP contribution in [-0.4, -0.2) is 39.8 Å². The van der Waals surface area contributed by atoms with Crippen LogP contribution in [-0.2, 0) is 18.3 Å². The van der Waals surface area contributed by atoms with E-state index in [2.05, 4.69) is 0 Å². The number of likely N-dealkylation sites (tertiary alicyclic amines) is 1. The summed E-state index contributed by atoms with van der Waals surface area (Å²) in [6, 6.07) is 5.54. The molecule has 1 amide bonds. The first-order valence-corrected chi connectivity index (χ1v) is 9.04. The molecular formula is C19H25N3O4. The number of aryl methyl sites for hydroxylation is 2. The van der Waals surface area contributed by atoms with Crippen molar-refractivity contribution in [3.8, 4) is 0 Å². The quantitative estimate of drug-likeness (QED) is 0.839. The molecule has 0 spiro atoms. The Bertz CT molecular complexity index is 936. The molecule has 0 radical (unpaired) electrons. The molecule has 1 saturated heterocycles. The average Bonchev–Trinajstić information content (AvgIpc) is 2.64. The highest BCUT2D eigenvalue weighted by molar-refractivity contribution is 5.78. The molecule has 140 valence electrons. The normalized spacial score (nSPS) is 15.4. The van der Waals surface area contributed by atoms with Crippen molar-refractivity contribution in [1.29, 1.82) is 0 Å². The highest BCUT2D eigenvalue weighted by Crippen LogP contribution is 2.19. The molecule has 0 atom stereocenters. The lowest BCUT2D eigenvalue weighted by Gasteiger charge is -2.31. The number of rotatable bonds is 3. The monoisotopic (exact) mass is 359 g/mol. The van der Waals surface area contributed by atoms with E-state index in [0.717, 1.165) is 18.4 Å². The number of amides is 1. The predicted octanol–water partition coefficient (Wildman–Crippen LogP) is 1.88. The predicted molar refractivity (Wildman–Crippen MR) is 99.5 cm³/mol. The largest absolute Gasteiger partial charge is 0.450 e. The number of benzene rings is 1. The van der Waals surface area contributed by atoms with Gasteiger partial charge in [0.15, 0.2) is 0 Å². The second-order valence-corrected chi connectivity index (χ2v) is 6.91. The molecule has 3 rings (SSSR count). The lowest BCUT2D eigenvalue weighted by molar-refractivity contribution is 0.0897. The number of ether oxygens (including phenoxy) is 1. The van der Waals surface area contributed by atoms with Gasteiger partial charge in [-0.2, -0.15) is 0 Å². The molecule has 2 aromatic rings. The lowest BCUT2D eigenvalue weighted by Crippen LogP contribution is -2.44. The van der Waals surface area contributed by atoms with E-state index in [1.165, 1.54) is 9.13 Å². The van der Waals surface area contributed by atoms with Gasteiger partial charge in [0.05, 0.1) is 17.5 Å². The molecule has 1 aromatic heterocycles. The van der Waals surface area contributed by atoms with E-state index in [4.69, 9.17) is 4.74 Å². The van der Waals surface area contributed by atoms with Crippen molar-refractivity contribution in [2.75, 3.05) is 19.7 Å². The maximum absolute atomic E-state index is 12.9. The van der Waals surface area contributed by atoms with Crippen LogP contribution in [0.25, 0.3) is 10.9 Å². The van der Waals surface area contributed by atoms with Gasteiger partial charge in [0, 0.05) is 26.7 Å². The van der Waals surface area contributed by atoms with Crippen LogP contribution in [0.2, 0.25) is 0 Å². The molecule has 1 aromatic carbocycles. The van der Waals surface area contributed by atoms with Crippen molar-refractivity contribution in [1.82, 2.24) is 14.0 Å². The first kappa shape index (κ1) is 18.2. The molecule has 0 aliphatic carbocycles. The van der Waals surface area contributed by atoms with Crippen molar-refractivity contribution >= 4 is 17.0 Å². The Balaban J connectivity index is 1.83. The van der Waals surface area contributed by atoms with Crippen LogP contribution in [0.15, 0.2) is 27.8 Å². The van der Waals surface area contributed by atoms with Crippen LogP contribution in [0.4, 0.5) is 4.79 Å². The molecular weight excluding hydrogens is 334 g/mol. The fourth-order valence-electron chi connectivity index (χ4n) is 3.56. The van der Waals surface area contributed by atoms with Crippen LogP contribution < -0.4 is 11.2 Å². The topological polar surface area (TPSA) is 73.5 Å². The van der Waals surface area contributed by atoms with Crippen LogP contribution in [0, 0.1) is 12.8 Å². The van der Waals surface area contributed by atoms with Gasteiger partial charge in [-0.05, 0) is 44.7 Å². The first-order valence-electron chi connectivity index (χ1n) is 9.04. The van der Waals surface area contributed by atoms with E-state index in [0.29, 0.717) is 37.1 Å². The summed E-state index contributed by atoms with van der Waals surface area (Å²) in [7, 11) is 1.69. The molecule has 1 aliphatic rings. The van der Waals surface area contributed by atoms with Gasteiger partial charge in [0.1, 0.15) is 0 Å². The van der Waals surface area contributed by atoms with Crippen molar-refractivity contribution < 1.29 is 9.53 Å². The number of hydrogen-bond donors (Lipinski definition) is 0. The zero-order valence-electron chi connectivity index (χ0n) is 15.5. The first-order chi connectivity index (χ1) is 12.4. The molecule has 0 unspecified atom stereocenters. The second kappa shape index (κ2) is 7.35. The van der Waals surface area contributed by atoms with Crippen LogP contribution in [0.1, 0.15) is 25.3 Å². The molecule has 0 N–H and O–H groups in total. The number of fused-ring (bicyclic) bond motifs is 1. The third-order valence-electron chi connectivity index (χ3n) is 5.09. The number of hydrogen-bond acceptors (Lipinski definition) is 4. The average molecular weight is 359 g/mol. The standard InChI is InChI=1S/C19H25N3O4/c1-4-26-19(25)21-9-7-14(8-10-21)12-22-17(23)15-11-13(2)5-6-16(15)20(3)18(22)24/h5-6,11,14H,4,7-10,12H2,1-3H3. The Labute approximate surface area is 151 Å². The zero-order valence-corrected chi connectivity index (χ0v) is 15.5. The van der Waals surface area contributed by atoms with Gasteiger partial charge in [-0.25, -0.2) is 9.59 Å². The number of carbonyl (C=O) groups excluding carboxylic acids is 1. The van der Waals surface area contributed by atoms with Gasteiger partial charge >= 0.3 is 11.8 Å². The minimum absolute atomic E-state index is 0.188. The van der Waals surface area contributed by atoms with E-state index >= 15 is 0 Å². The Hall–Kier alpha value is -2.57. The molecule has 1 fully saturated rings. The molecule has 7 nitrogen and oxygen atoms in total. The molecule has 1 aliphatic heterocycles. The van der Waals surface area contributed by atoms with Gasteiger partial charge < -0.3 is 9.64 Å². The summed E-state index contributed by atoms with van der Waals surface area (Å²) >= 11 is 0. The summed E-state index contributed by atoms with van der Waals surface area (Å²) in [6.45, 7) is 5.64. The molecule has 2 heterocycles. The second-order valence-electron chi connectivity index (χ2n) is 6.91. The fourth-order valence-corrected chi connectivity index (χ4v) is 3.56. The Morgan fingerprint density at radius 2 is 1.92 bits per heavy atom. The van der Waals surface area contributed by atoms with Crippen LogP contribution in [0.5, 0.6) is 0 Å². The Morgan fingerprint density at radius 1 is 1.23 bits per heavy atom. The minimum Gasteiger partial charge on any atom is -0.450 e. The van der Waals surface area contributed by atoms with Crippen molar-refractivity contribution in [3.05, 3.63) is 44.6 Å². The van der Waals surface area contributed by atoms with E-state index < -0.39 is 0 Å². The molecule has 7 heteroatoms. The number of carbonyl (C=O) groups is 1. The summed E-state index contributed by atoms with van der Waals surface area (Å²) in [6.07, 6.45) is 1.21. The summed E-state index contributed by atoms with van der Waals surface area (Å²) in [5, 5.41) is 0.566. The van der Waals surface area contributed by atoms with E-state index in [1.54, 1.807) is 18.9 Å². The smallest absolute Gasteiger partial charge is 0.409 e. The van der Waals surface area contributed by atoms with Crippen molar-refractivity contribution in [2.24, 2.45) is 13.0 Å². The molecule has 0 bridgehead atoms. The van der Waals surface area contributed by atoms with Crippen LogP contribution >= 0.6 is 0 Å². The summed E-state index contributed by atoms with van der Waals surface area (Å²) in [5.74, 6) is 0.188. The Kier molecular flexibility index (Phi) is 5.15. The van der Waals surface area contributed by atoms with Gasteiger partial charge in [0.2, 0.25) is 0 Å². The maximum atomic E-state index is 12.9. The zero-order chi connectivity index (χ0) is 18.8. The lowest BCUT2D eigenvalue weighted by atomic mass is 9.97. The van der Waals surface area contributed by atoms with Crippen molar-refractivity contribution in [2.45, 2.75) is 33.2 Å². The third kappa shape index (κ3) is 3.38. The van der Waals surface area contributed by atoms with Gasteiger partial charge in [-0.3, -0.25) is 13.9 Å². The number of aromatic nitrogens is 2. The summed E-state index contributed by atoms with van der Waals surface area (Å²) in [4.78, 5) is 39.0. The third-order valence-corrected chi connectivity index (χ3v) is 5.09. The summed E-state index contributed by atoms with van der Waals surface area (Å²) in [5.41, 5.74) is 1.11. The van der Waals surface area contributed by atoms with Crippen molar-refractivity contribution in [3.63, 3.8) is 0 Å². The van der Waals surface area contributed by atoms with E-state index in [-0.39, 0.29) is 23.3 Å². The number of nitrogens with zero attached hydrogens (tertiary/aromatic N) is 3. The van der Waals surface area contributed by atoms with E-state index in [9.17, 15) is 14.4 Å². The minimum atomic E-state index is -0.292. The van der Waals surface area contributed by atoms with E-state index in [1.807, 2.05) is 25.1 Å². The fraction of sp³-hybridized carbons (Fsp3) is 0.526. The van der Waals surface area contributed by atoms with Gasteiger partial charge in [0.25, 0.3) is 5.56 Å². The summed E-state index contributed by atoms with van der Waals surface area (Å²) < 4.78 is 7.90. The highest BCUT2D eigenvalue weighted by Gasteiger charge is 2.25. The van der Waals surface area contributed by atoms with Gasteiger partial charge in [-0.1, -0.05) is 11.6 Å². The SMILES string of the molecule is CCOC(=O)N1CCC(Cn2c(=O)c3cc(C)ccc3n(C)c2=O)CC1. The Morgan fingerprint density at radius 3 is 2.58 bits per heavy atom. The maximum Gasteiger partial charge on any atom is 0.409 e.